The number of nitro groups is 1. The number of non-ortho nitro benzene ring substituents is 1. The molecule has 0 aliphatic carbocycles. The molecule has 1 aromatic rings. The molecule has 3 N–H and O–H groups in total. The van der Waals surface area contributed by atoms with Crippen molar-refractivity contribution >= 4 is 11.6 Å². The summed E-state index contributed by atoms with van der Waals surface area (Å²) < 4.78 is 10.7. The van der Waals surface area contributed by atoms with Gasteiger partial charge in [-0.1, -0.05) is 0 Å². The Bertz CT molecular complexity index is 492. The molecule has 1 rings (SSSR count). The van der Waals surface area contributed by atoms with Gasteiger partial charge in [-0.15, -0.1) is 0 Å². The summed E-state index contributed by atoms with van der Waals surface area (Å²) in [7, 11) is 1.40. The molecular formula is C12H17N3O5. The fourth-order valence-electron chi connectivity index (χ4n) is 1.55. The second-order valence-electron chi connectivity index (χ2n) is 4.13. The Morgan fingerprint density at radius 1 is 1.50 bits per heavy atom. The Morgan fingerprint density at radius 2 is 2.20 bits per heavy atom. The number of carbonyl (C=O) groups excluding carboxylic acids is 1. The minimum Gasteiger partial charge on any atom is -0.493 e. The van der Waals surface area contributed by atoms with Crippen LogP contribution >= 0.6 is 0 Å². The fourth-order valence-corrected chi connectivity index (χ4v) is 1.55. The second kappa shape index (κ2) is 7.29. The van der Waals surface area contributed by atoms with Gasteiger partial charge in [0.05, 0.1) is 24.2 Å². The standard InChI is InChI=1S/C12H17N3O5/c1-8(3-6-12(16)14-13)20-10-5-4-9(15(17)18)7-11(10)19-2/h4-5,7-8H,3,6,13H2,1-2H3,(H,14,16). The molecule has 0 aromatic heterocycles. The Balaban J connectivity index is 2.71. The van der Waals surface area contributed by atoms with Crippen molar-refractivity contribution in [3.8, 4) is 11.5 Å². The summed E-state index contributed by atoms with van der Waals surface area (Å²) in [6, 6.07) is 4.09. The van der Waals surface area contributed by atoms with E-state index in [-0.39, 0.29) is 29.9 Å². The molecule has 8 nitrogen and oxygen atoms in total. The van der Waals surface area contributed by atoms with Crippen LogP contribution in [0.3, 0.4) is 0 Å². The minimum absolute atomic E-state index is 0.0793. The lowest BCUT2D eigenvalue weighted by molar-refractivity contribution is -0.385. The number of nitrogens with zero attached hydrogens (tertiary/aromatic N) is 1. The smallest absolute Gasteiger partial charge is 0.273 e. The third kappa shape index (κ3) is 4.39. The molecule has 20 heavy (non-hydrogen) atoms. The molecule has 0 spiro atoms. The molecule has 0 radical (unpaired) electrons. The van der Waals surface area contributed by atoms with Crippen molar-refractivity contribution < 1.29 is 19.2 Å². The molecule has 110 valence electrons. The maximum Gasteiger partial charge on any atom is 0.273 e. The number of benzene rings is 1. The first-order chi connectivity index (χ1) is 9.47. The van der Waals surface area contributed by atoms with Gasteiger partial charge >= 0.3 is 0 Å². The fraction of sp³-hybridized carbons (Fsp3) is 0.417. The van der Waals surface area contributed by atoms with Gasteiger partial charge in [-0.3, -0.25) is 20.3 Å². The van der Waals surface area contributed by atoms with E-state index in [9.17, 15) is 14.9 Å². The van der Waals surface area contributed by atoms with E-state index < -0.39 is 4.92 Å². The van der Waals surface area contributed by atoms with E-state index in [2.05, 4.69) is 0 Å². The Hall–Kier alpha value is -2.35. The van der Waals surface area contributed by atoms with Crippen LogP contribution in [0.2, 0.25) is 0 Å². The summed E-state index contributed by atoms with van der Waals surface area (Å²) in [5.74, 6) is 5.36. The average molecular weight is 283 g/mol. The number of nitro benzene ring substituents is 1. The zero-order valence-corrected chi connectivity index (χ0v) is 11.3. The molecule has 0 aliphatic rings. The van der Waals surface area contributed by atoms with Crippen molar-refractivity contribution in [3.05, 3.63) is 28.3 Å². The predicted molar refractivity (Wildman–Crippen MR) is 71.3 cm³/mol. The lowest BCUT2D eigenvalue weighted by Gasteiger charge is -2.16. The van der Waals surface area contributed by atoms with E-state index in [1.807, 2.05) is 5.43 Å². The molecule has 0 bridgehead atoms. The van der Waals surface area contributed by atoms with Gasteiger partial charge < -0.3 is 9.47 Å². The molecule has 8 heteroatoms. The van der Waals surface area contributed by atoms with E-state index in [0.29, 0.717) is 12.2 Å². The van der Waals surface area contributed by atoms with Crippen LogP contribution in [0.15, 0.2) is 18.2 Å². The molecule has 0 heterocycles. The van der Waals surface area contributed by atoms with Gasteiger partial charge in [0.25, 0.3) is 5.69 Å². The van der Waals surface area contributed by atoms with Crippen molar-refractivity contribution in [1.29, 1.82) is 0 Å². The number of hydrazine groups is 1. The lowest BCUT2D eigenvalue weighted by atomic mass is 10.2. The Kier molecular flexibility index (Phi) is 5.73. The van der Waals surface area contributed by atoms with Gasteiger partial charge in [0.15, 0.2) is 11.5 Å². The number of hydrogen-bond donors (Lipinski definition) is 2. The first-order valence-corrected chi connectivity index (χ1v) is 5.96. The maximum absolute atomic E-state index is 11.0. The van der Waals surface area contributed by atoms with Gasteiger partial charge in [-0.25, -0.2) is 5.84 Å². The topological polar surface area (TPSA) is 117 Å². The van der Waals surface area contributed by atoms with Gasteiger partial charge in [0, 0.05) is 12.5 Å². The van der Waals surface area contributed by atoms with Gasteiger partial charge in [0.2, 0.25) is 5.91 Å². The third-order valence-corrected chi connectivity index (χ3v) is 2.63. The number of ether oxygens (including phenoxy) is 2. The number of carbonyl (C=O) groups is 1. The predicted octanol–water partition coefficient (Wildman–Crippen LogP) is 1.14. The van der Waals surface area contributed by atoms with Crippen LogP contribution in [0.5, 0.6) is 11.5 Å². The largest absolute Gasteiger partial charge is 0.493 e. The highest BCUT2D eigenvalue weighted by Crippen LogP contribution is 2.32. The van der Waals surface area contributed by atoms with Crippen molar-refractivity contribution in [1.82, 2.24) is 5.43 Å². The van der Waals surface area contributed by atoms with Crippen LogP contribution in [-0.2, 0) is 4.79 Å². The van der Waals surface area contributed by atoms with Crippen molar-refractivity contribution in [2.75, 3.05) is 7.11 Å². The summed E-state index contributed by atoms with van der Waals surface area (Å²) in [6.07, 6.45) is 0.429. The van der Waals surface area contributed by atoms with Crippen LogP contribution in [0, 0.1) is 10.1 Å². The zero-order valence-electron chi connectivity index (χ0n) is 11.3. The molecule has 1 unspecified atom stereocenters. The van der Waals surface area contributed by atoms with E-state index in [4.69, 9.17) is 15.3 Å². The summed E-state index contributed by atoms with van der Waals surface area (Å²) in [5.41, 5.74) is 1.95. The summed E-state index contributed by atoms with van der Waals surface area (Å²) >= 11 is 0. The number of rotatable bonds is 7. The highest BCUT2D eigenvalue weighted by atomic mass is 16.6. The summed E-state index contributed by atoms with van der Waals surface area (Å²) in [6.45, 7) is 1.78. The first kappa shape index (κ1) is 15.7. The highest BCUT2D eigenvalue weighted by Gasteiger charge is 2.15. The first-order valence-electron chi connectivity index (χ1n) is 5.96. The number of hydrogen-bond acceptors (Lipinski definition) is 6. The molecule has 1 atom stereocenters. The van der Waals surface area contributed by atoms with Crippen molar-refractivity contribution in [3.63, 3.8) is 0 Å². The molecular weight excluding hydrogens is 266 g/mol. The van der Waals surface area contributed by atoms with E-state index >= 15 is 0 Å². The van der Waals surface area contributed by atoms with Gasteiger partial charge in [-0.05, 0) is 19.4 Å². The SMILES string of the molecule is COc1cc([N+](=O)[O-])ccc1OC(C)CCC(=O)NN. The van der Waals surface area contributed by atoms with E-state index in [1.165, 1.54) is 25.3 Å². The Labute approximate surface area is 116 Å². The molecule has 1 amide bonds. The monoisotopic (exact) mass is 283 g/mol. The average Bonchev–Trinajstić information content (AvgIpc) is 2.44. The summed E-state index contributed by atoms with van der Waals surface area (Å²) in [4.78, 5) is 21.2. The van der Waals surface area contributed by atoms with Crippen molar-refractivity contribution in [2.45, 2.75) is 25.9 Å². The minimum atomic E-state index is -0.513. The quantitative estimate of drug-likeness (QED) is 0.335. The van der Waals surface area contributed by atoms with Crippen LogP contribution in [0.4, 0.5) is 5.69 Å². The zero-order chi connectivity index (χ0) is 15.1. The summed E-state index contributed by atoms with van der Waals surface area (Å²) in [5, 5.41) is 10.7. The number of amides is 1. The van der Waals surface area contributed by atoms with E-state index in [0.717, 1.165) is 0 Å². The van der Waals surface area contributed by atoms with Crippen LogP contribution < -0.4 is 20.7 Å². The van der Waals surface area contributed by atoms with Gasteiger partial charge in [0.1, 0.15) is 0 Å². The van der Waals surface area contributed by atoms with Crippen LogP contribution in [0.1, 0.15) is 19.8 Å². The maximum atomic E-state index is 11.0. The van der Waals surface area contributed by atoms with Crippen molar-refractivity contribution in [2.24, 2.45) is 5.84 Å². The van der Waals surface area contributed by atoms with Crippen LogP contribution in [-0.4, -0.2) is 24.0 Å². The Morgan fingerprint density at radius 3 is 2.75 bits per heavy atom. The highest BCUT2D eigenvalue weighted by molar-refractivity contribution is 5.75. The lowest BCUT2D eigenvalue weighted by Crippen LogP contribution is -2.30. The molecule has 0 fully saturated rings. The molecule has 0 aliphatic heterocycles. The molecule has 0 saturated carbocycles. The van der Waals surface area contributed by atoms with Crippen LogP contribution in [0.25, 0.3) is 0 Å². The van der Waals surface area contributed by atoms with E-state index in [1.54, 1.807) is 6.92 Å². The normalized spacial score (nSPS) is 11.6. The second-order valence-corrected chi connectivity index (χ2v) is 4.13. The molecule has 0 saturated heterocycles. The number of nitrogens with two attached hydrogens (primary N) is 1. The van der Waals surface area contributed by atoms with Gasteiger partial charge in [-0.2, -0.15) is 0 Å². The third-order valence-electron chi connectivity index (χ3n) is 2.63. The number of nitrogens with one attached hydrogen (secondary N) is 1. The molecule has 1 aromatic carbocycles. The number of methoxy groups -OCH3 is 1.